The predicted molar refractivity (Wildman–Crippen MR) is 137 cm³/mol. The Morgan fingerprint density at radius 1 is 1.00 bits per heavy atom. The van der Waals surface area contributed by atoms with E-state index in [1.165, 1.54) is 17.4 Å². The van der Waals surface area contributed by atoms with Gasteiger partial charge in [-0.15, -0.1) is 16.5 Å². The van der Waals surface area contributed by atoms with Gasteiger partial charge in [0.25, 0.3) is 0 Å². The number of hydrogen-bond acceptors (Lipinski definition) is 9. The highest BCUT2D eigenvalue weighted by atomic mass is 32.2. The number of phenolic OH excluding ortho intramolecular Hbond substituents is 1. The number of para-hydroxylation sites is 1. The Balaban J connectivity index is 1.75. The summed E-state index contributed by atoms with van der Waals surface area (Å²) in [6.07, 6.45) is 0. The molecule has 1 aromatic heterocycles. The minimum atomic E-state index is -4.99. The number of nitrogens with zero attached hydrogens (tertiary/aromatic N) is 3. The largest absolute Gasteiger partial charge is 0.744 e. The van der Waals surface area contributed by atoms with E-state index in [9.17, 15) is 18.1 Å². The molecule has 0 aliphatic heterocycles. The second kappa shape index (κ2) is 8.42. The molecular formula is C25H19N4O4S2-. The molecule has 3 N–H and O–H groups in total. The number of aromatic hydroxyl groups is 1. The van der Waals surface area contributed by atoms with E-state index in [-0.39, 0.29) is 0 Å². The van der Waals surface area contributed by atoms with E-state index in [1.807, 2.05) is 44.2 Å². The van der Waals surface area contributed by atoms with Crippen molar-refractivity contribution in [3.05, 3.63) is 71.8 Å². The number of azo groups is 1. The van der Waals surface area contributed by atoms with Gasteiger partial charge in [0.2, 0.25) is 0 Å². The molecule has 1 heterocycles. The number of hydrogen-bond donors (Lipinski definition) is 2. The van der Waals surface area contributed by atoms with Crippen LogP contribution < -0.4 is 5.73 Å². The first kappa shape index (κ1) is 22.9. The smallest absolute Gasteiger partial charge is 0.152 e. The number of aromatic nitrogens is 1. The van der Waals surface area contributed by atoms with Crippen LogP contribution in [0.25, 0.3) is 31.6 Å². The van der Waals surface area contributed by atoms with Crippen LogP contribution in [0.1, 0.15) is 11.1 Å². The van der Waals surface area contributed by atoms with Gasteiger partial charge < -0.3 is 15.4 Å². The van der Waals surface area contributed by atoms with E-state index in [0.717, 1.165) is 16.7 Å². The predicted octanol–water partition coefficient (Wildman–Crippen LogP) is 6.34. The third-order valence-corrected chi connectivity index (χ3v) is 7.64. The quantitative estimate of drug-likeness (QED) is 0.166. The lowest BCUT2D eigenvalue weighted by molar-refractivity contribution is 0.459. The summed E-state index contributed by atoms with van der Waals surface area (Å²) in [4.78, 5) is 3.96. The monoisotopic (exact) mass is 503 g/mol. The average Bonchev–Trinajstić information content (AvgIpc) is 3.23. The van der Waals surface area contributed by atoms with Gasteiger partial charge in [0, 0.05) is 22.0 Å². The van der Waals surface area contributed by atoms with Crippen LogP contribution in [0.15, 0.2) is 75.8 Å². The fourth-order valence-electron chi connectivity index (χ4n) is 3.92. The molecule has 0 bridgehead atoms. The molecule has 10 heteroatoms. The van der Waals surface area contributed by atoms with E-state index in [0.29, 0.717) is 37.4 Å². The Hall–Kier alpha value is -3.86. The van der Waals surface area contributed by atoms with Crippen molar-refractivity contribution in [3.63, 3.8) is 0 Å². The number of benzene rings is 4. The molecule has 0 amide bonds. The Morgan fingerprint density at radius 3 is 2.49 bits per heavy atom. The van der Waals surface area contributed by atoms with Gasteiger partial charge in [-0.25, -0.2) is 13.4 Å². The van der Waals surface area contributed by atoms with E-state index in [4.69, 9.17) is 5.73 Å². The summed E-state index contributed by atoms with van der Waals surface area (Å²) < 4.78 is 37.2. The molecule has 0 saturated carbocycles. The zero-order valence-corrected chi connectivity index (χ0v) is 20.3. The van der Waals surface area contributed by atoms with E-state index in [1.54, 1.807) is 24.3 Å². The standard InChI is InChI=1S/C25H20N4O4S2/c1-13-7-9-19(14(2)11-13)28-29-22-21(35(31,32)33)12-17-15(23(22)30)8-10-20-24(17)34-25(27-20)16-5-3-4-6-18(16)26/h3-12,30H,26H2,1-2H3,(H,31,32,33)/p-1. The summed E-state index contributed by atoms with van der Waals surface area (Å²) >= 11 is 1.29. The summed E-state index contributed by atoms with van der Waals surface area (Å²) in [6, 6.07) is 17.3. The second-order valence-corrected chi connectivity index (χ2v) is 10.5. The lowest BCUT2D eigenvalue weighted by atomic mass is 10.1. The van der Waals surface area contributed by atoms with Crippen molar-refractivity contribution < 1.29 is 18.1 Å². The molecule has 35 heavy (non-hydrogen) atoms. The normalized spacial score (nSPS) is 12.2. The van der Waals surface area contributed by atoms with Crippen LogP contribution in [0, 0.1) is 13.8 Å². The molecule has 0 atom stereocenters. The average molecular weight is 504 g/mol. The fourth-order valence-corrected chi connectivity index (χ4v) is 5.69. The number of phenols is 1. The Labute approximate surface area is 205 Å². The van der Waals surface area contributed by atoms with Crippen molar-refractivity contribution in [1.82, 2.24) is 4.98 Å². The molecule has 0 aliphatic carbocycles. The third-order valence-electron chi connectivity index (χ3n) is 5.65. The summed E-state index contributed by atoms with van der Waals surface area (Å²) in [7, 11) is -4.99. The minimum absolute atomic E-state index is 0.329. The second-order valence-electron chi connectivity index (χ2n) is 8.13. The first-order chi connectivity index (χ1) is 16.6. The van der Waals surface area contributed by atoms with Crippen LogP contribution in [0.5, 0.6) is 5.75 Å². The molecule has 0 aliphatic rings. The number of nitrogen functional groups attached to an aromatic ring is 1. The van der Waals surface area contributed by atoms with E-state index >= 15 is 0 Å². The van der Waals surface area contributed by atoms with Crippen molar-refractivity contribution in [1.29, 1.82) is 0 Å². The van der Waals surface area contributed by atoms with Crippen molar-refractivity contribution >= 4 is 59.5 Å². The van der Waals surface area contributed by atoms with E-state index < -0.39 is 26.5 Å². The fraction of sp³-hybridized carbons (Fsp3) is 0.0800. The molecule has 0 saturated heterocycles. The molecule has 5 aromatic rings. The van der Waals surface area contributed by atoms with Gasteiger partial charge in [-0.2, -0.15) is 5.11 Å². The van der Waals surface area contributed by atoms with Crippen LogP contribution in [0.2, 0.25) is 0 Å². The van der Waals surface area contributed by atoms with Gasteiger partial charge in [0.15, 0.2) is 5.75 Å². The molecule has 0 fully saturated rings. The minimum Gasteiger partial charge on any atom is -0.744 e. The van der Waals surface area contributed by atoms with Gasteiger partial charge in [0.05, 0.1) is 20.8 Å². The Morgan fingerprint density at radius 2 is 1.77 bits per heavy atom. The first-order valence-electron chi connectivity index (χ1n) is 10.5. The van der Waals surface area contributed by atoms with Crippen LogP contribution >= 0.6 is 11.3 Å². The van der Waals surface area contributed by atoms with Crippen molar-refractivity contribution in [2.75, 3.05) is 5.73 Å². The summed E-state index contributed by atoms with van der Waals surface area (Å²) in [5.74, 6) is -0.443. The van der Waals surface area contributed by atoms with Crippen molar-refractivity contribution in [3.8, 4) is 16.3 Å². The van der Waals surface area contributed by atoms with Crippen molar-refractivity contribution in [2.24, 2.45) is 10.2 Å². The number of anilines is 1. The summed E-state index contributed by atoms with van der Waals surface area (Å²) in [5, 5.41) is 20.5. The van der Waals surface area contributed by atoms with Gasteiger partial charge in [-0.1, -0.05) is 29.8 Å². The van der Waals surface area contributed by atoms with Crippen LogP contribution in [0.4, 0.5) is 17.1 Å². The zero-order chi connectivity index (χ0) is 24.9. The number of fused-ring (bicyclic) bond motifs is 3. The molecule has 5 rings (SSSR count). The lowest BCUT2D eigenvalue weighted by Gasteiger charge is -2.13. The molecule has 176 valence electrons. The highest BCUT2D eigenvalue weighted by Gasteiger charge is 2.20. The SMILES string of the molecule is Cc1ccc(N=Nc2c(S(=O)(=O)[O-])cc3c(ccc4nc(-c5ccccc5N)sc43)c2O)c(C)c1. The van der Waals surface area contributed by atoms with Gasteiger partial charge in [0.1, 0.15) is 20.8 Å². The van der Waals surface area contributed by atoms with Gasteiger partial charge in [-0.3, -0.25) is 0 Å². The topological polar surface area (TPSA) is 141 Å². The van der Waals surface area contributed by atoms with Gasteiger partial charge >= 0.3 is 0 Å². The maximum atomic E-state index is 12.2. The third kappa shape index (κ3) is 4.12. The zero-order valence-electron chi connectivity index (χ0n) is 18.7. The highest BCUT2D eigenvalue weighted by Crippen LogP contribution is 2.45. The highest BCUT2D eigenvalue weighted by molar-refractivity contribution is 7.86. The van der Waals surface area contributed by atoms with Crippen molar-refractivity contribution in [2.45, 2.75) is 18.7 Å². The van der Waals surface area contributed by atoms with Crippen LogP contribution in [-0.4, -0.2) is 23.1 Å². The number of thiazole rings is 1. The molecule has 0 spiro atoms. The summed E-state index contributed by atoms with van der Waals surface area (Å²) in [5.41, 5.74) is 9.91. The van der Waals surface area contributed by atoms with Gasteiger partial charge in [-0.05, 0) is 55.8 Å². The molecule has 0 unspecified atom stereocenters. The van der Waals surface area contributed by atoms with Crippen LogP contribution in [0.3, 0.4) is 0 Å². The Kier molecular flexibility index (Phi) is 5.51. The molecule has 8 nitrogen and oxygen atoms in total. The lowest BCUT2D eigenvalue weighted by Crippen LogP contribution is -1.99. The maximum absolute atomic E-state index is 12.2. The number of rotatable bonds is 4. The maximum Gasteiger partial charge on any atom is 0.152 e. The Bertz CT molecular complexity index is 1780. The summed E-state index contributed by atoms with van der Waals surface area (Å²) in [6.45, 7) is 3.77. The van der Waals surface area contributed by atoms with E-state index in [2.05, 4.69) is 15.2 Å². The van der Waals surface area contributed by atoms with Crippen LogP contribution in [-0.2, 0) is 10.1 Å². The number of aryl methyl sites for hydroxylation is 2. The number of nitrogens with two attached hydrogens (primary N) is 1. The molecular weight excluding hydrogens is 484 g/mol. The molecule has 4 aromatic carbocycles. The first-order valence-corrected chi connectivity index (χ1v) is 12.7. The molecule has 0 radical (unpaired) electrons.